The molecule has 0 aliphatic carbocycles. The standard InChI is InChI=1S/C18H23N3O3/c1-5-12(3)21-16(23)18(15(22)19-17(21)24)9-13-8-11(2)6-7-14(13)20(4)10-18/h6-8,12H,5,9-10H2,1-4H3,(H,19,22,24)/t12-,18+/m0/s1. The lowest BCUT2D eigenvalue weighted by molar-refractivity contribution is -0.152. The van der Waals surface area contributed by atoms with Crippen molar-refractivity contribution >= 4 is 23.5 Å². The Bertz CT molecular complexity index is 730. The molecule has 1 aromatic rings. The number of nitrogens with one attached hydrogen (secondary N) is 1. The predicted octanol–water partition coefficient (Wildman–Crippen LogP) is 1.85. The molecule has 3 rings (SSSR count). The first-order chi connectivity index (χ1) is 11.3. The first kappa shape index (κ1) is 16.5. The van der Waals surface area contributed by atoms with Gasteiger partial charge in [-0.3, -0.25) is 19.8 Å². The van der Waals surface area contributed by atoms with Crippen molar-refractivity contribution in [3.05, 3.63) is 29.3 Å². The van der Waals surface area contributed by atoms with Crippen LogP contribution in [0.4, 0.5) is 10.5 Å². The summed E-state index contributed by atoms with van der Waals surface area (Å²) in [6.07, 6.45) is 0.966. The molecular formula is C18H23N3O3. The topological polar surface area (TPSA) is 69.7 Å². The zero-order valence-electron chi connectivity index (χ0n) is 14.5. The normalized spacial score (nSPS) is 24.9. The number of barbiturate groups is 1. The molecule has 24 heavy (non-hydrogen) atoms. The van der Waals surface area contributed by atoms with Gasteiger partial charge in [-0.2, -0.15) is 0 Å². The van der Waals surface area contributed by atoms with Crippen LogP contribution in [0.5, 0.6) is 0 Å². The maximum absolute atomic E-state index is 13.2. The van der Waals surface area contributed by atoms with Crippen LogP contribution in [0.1, 0.15) is 31.4 Å². The molecule has 1 aromatic carbocycles. The third-order valence-corrected chi connectivity index (χ3v) is 5.18. The molecule has 2 aliphatic heterocycles. The van der Waals surface area contributed by atoms with Crippen LogP contribution in [0.3, 0.4) is 0 Å². The minimum Gasteiger partial charge on any atom is -0.373 e. The number of imide groups is 2. The predicted molar refractivity (Wildman–Crippen MR) is 90.7 cm³/mol. The zero-order valence-corrected chi connectivity index (χ0v) is 14.5. The number of anilines is 1. The average Bonchev–Trinajstić information content (AvgIpc) is 2.52. The van der Waals surface area contributed by atoms with Gasteiger partial charge in [-0.05, 0) is 38.3 Å². The third kappa shape index (κ3) is 2.28. The molecule has 0 radical (unpaired) electrons. The van der Waals surface area contributed by atoms with Crippen LogP contribution in [0.15, 0.2) is 18.2 Å². The van der Waals surface area contributed by atoms with Crippen LogP contribution >= 0.6 is 0 Å². The van der Waals surface area contributed by atoms with E-state index in [1.807, 2.05) is 50.9 Å². The van der Waals surface area contributed by atoms with Crippen molar-refractivity contribution < 1.29 is 14.4 Å². The number of carbonyl (C=O) groups excluding carboxylic acids is 3. The summed E-state index contributed by atoms with van der Waals surface area (Å²) in [6, 6.07) is 5.19. The van der Waals surface area contributed by atoms with E-state index in [9.17, 15) is 14.4 Å². The molecule has 4 amide bonds. The molecule has 2 heterocycles. The number of urea groups is 1. The monoisotopic (exact) mass is 329 g/mol. The van der Waals surface area contributed by atoms with Gasteiger partial charge < -0.3 is 4.90 Å². The molecule has 2 aliphatic rings. The highest BCUT2D eigenvalue weighted by molar-refractivity contribution is 6.20. The van der Waals surface area contributed by atoms with E-state index >= 15 is 0 Å². The number of hydrogen-bond donors (Lipinski definition) is 1. The lowest BCUT2D eigenvalue weighted by atomic mass is 9.74. The van der Waals surface area contributed by atoms with Gasteiger partial charge in [-0.15, -0.1) is 0 Å². The zero-order chi connectivity index (χ0) is 17.6. The first-order valence-electron chi connectivity index (χ1n) is 8.30. The molecule has 0 saturated carbocycles. The molecule has 1 N–H and O–H groups in total. The van der Waals surface area contributed by atoms with Crippen molar-refractivity contribution in [2.45, 2.75) is 39.7 Å². The summed E-state index contributed by atoms with van der Waals surface area (Å²) in [5.74, 6) is -0.874. The Morgan fingerprint density at radius 1 is 1.29 bits per heavy atom. The Hall–Kier alpha value is -2.37. The van der Waals surface area contributed by atoms with Crippen molar-refractivity contribution in [1.82, 2.24) is 10.2 Å². The highest BCUT2D eigenvalue weighted by Gasteiger charge is 2.56. The maximum Gasteiger partial charge on any atom is 0.331 e. The van der Waals surface area contributed by atoms with Crippen LogP contribution < -0.4 is 10.2 Å². The van der Waals surface area contributed by atoms with Gasteiger partial charge in [0.05, 0.1) is 0 Å². The largest absolute Gasteiger partial charge is 0.373 e. The van der Waals surface area contributed by atoms with Crippen molar-refractivity contribution in [2.24, 2.45) is 5.41 Å². The van der Waals surface area contributed by atoms with E-state index in [1.54, 1.807) is 0 Å². The van der Waals surface area contributed by atoms with E-state index in [4.69, 9.17) is 0 Å². The Morgan fingerprint density at radius 2 is 2.00 bits per heavy atom. The van der Waals surface area contributed by atoms with Crippen molar-refractivity contribution in [3.8, 4) is 0 Å². The Morgan fingerprint density at radius 3 is 2.67 bits per heavy atom. The van der Waals surface area contributed by atoms with Gasteiger partial charge in [0, 0.05) is 25.3 Å². The van der Waals surface area contributed by atoms with Gasteiger partial charge in [0.2, 0.25) is 11.8 Å². The molecule has 0 bridgehead atoms. The summed E-state index contributed by atoms with van der Waals surface area (Å²) in [7, 11) is 1.87. The molecule has 1 spiro atoms. The lowest BCUT2D eigenvalue weighted by Gasteiger charge is -2.46. The highest BCUT2D eigenvalue weighted by atomic mass is 16.2. The second kappa shape index (κ2) is 5.61. The fraction of sp³-hybridized carbons (Fsp3) is 0.500. The molecular weight excluding hydrogens is 306 g/mol. The van der Waals surface area contributed by atoms with Gasteiger partial charge in [-0.25, -0.2) is 4.79 Å². The number of hydrogen-bond acceptors (Lipinski definition) is 4. The van der Waals surface area contributed by atoms with Gasteiger partial charge in [0.25, 0.3) is 0 Å². The molecule has 6 heteroatoms. The molecule has 128 valence electrons. The first-order valence-corrected chi connectivity index (χ1v) is 8.30. The summed E-state index contributed by atoms with van der Waals surface area (Å²) in [5, 5.41) is 2.40. The van der Waals surface area contributed by atoms with Gasteiger partial charge in [0.15, 0.2) is 0 Å². The van der Waals surface area contributed by atoms with Gasteiger partial charge in [0.1, 0.15) is 5.41 Å². The SMILES string of the molecule is CC[C@H](C)N1C(=O)NC(=O)[C@]2(Cc3cc(C)ccc3N(C)C2)C1=O. The second-order valence-corrected chi connectivity index (χ2v) is 6.94. The number of carbonyl (C=O) groups is 3. The summed E-state index contributed by atoms with van der Waals surface area (Å²) in [4.78, 5) is 41.2. The number of amides is 4. The highest BCUT2D eigenvalue weighted by Crippen LogP contribution is 2.40. The maximum atomic E-state index is 13.2. The fourth-order valence-corrected chi connectivity index (χ4v) is 3.67. The van der Waals surface area contributed by atoms with E-state index in [-0.39, 0.29) is 18.5 Å². The second-order valence-electron chi connectivity index (χ2n) is 6.94. The Balaban J connectivity index is 2.07. The minimum absolute atomic E-state index is 0.244. The van der Waals surface area contributed by atoms with E-state index in [2.05, 4.69) is 5.32 Å². The molecule has 1 fully saturated rings. The van der Waals surface area contributed by atoms with Crippen LogP contribution in [0.25, 0.3) is 0 Å². The van der Waals surface area contributed by atoms with Crippen LogP contribution in [-0.2, 0) is 16.0 Å². The van der Waals surface area contributed by atoms with E-state index in [0.717, 1.165) is 16.8 Å². The van der Waals surface area contributed by atoms with Crippen molar-refractivity contribution in [1.29, 1.82) is 0 Å². The van der Waals surface area contributed by atoms with E-state index in [0.29, 0.717) is 12.8 Å². The van der Waals surface area contributed by atoms with Gasteiger partial charge >= 0.3 is 6.03 Å². The number of benzene rings is 1. The molecule has 0 unspecified atom stereocenters. The van der Waals surface area contributed by atoms with Crippen LogP contribution in [0.2, 0.25) is 0 Å². The Kier molecular flexibility index (Phi) is 3.86. The average molecular weight is 329 g/mol. The number of nitrogens with zero attached hydrogens (tertiary/aromatic N) is 2. The van der Waals surface area contributed by atoms with Gasteiger partial charge in [-0.1, -0.05) is 24.6 Å². The van der Waals surface area contributed by atoms with E-state index < -0.39 is 17.4 Å². The number of fused-ring (bicyclic) bond motifs is 1. The van der Waals surface area contributed by atoms with Crippen LogP contribution in [0, 0.1) is 12.3 Å². The van der Waals surface area contributed by atoms with E-state index in [1.165, 1.54) is 4.90 Å². The quantitative estimate of drug-likeness (QED) is 0.841. The minimum atomic E-state index is -1.24. The summed E-state index contributed by atoms with van der Waals surface area (Å²) < 4.78 is 0. The summed E-state index contributed by atoms with van der Waals surface area (Å²) >= 11 is 0. The molecule has 2 atom stereocenters. The molecule has 0 aromatic heterocycles. The smallest absolute Gasteiger partial charge is 0.331 e. The van der Waals surface area contributed by atoms with Crippen molar-refractivity contribution in [2.75, 3.05) is 18.5 Å². The Labute approximate surface area is 141 Å². The number of aryl methyl sites for hydroxylation is 1. The molecule has 6 nitrogen and oxygen atoms in total. The van der Waals surface area contributed by atoms with Crippen molar-refractivity contribution in [3.63, 3.8) is 0 Å². The summed E-state index contributed by atoms with van der Waals surface area (Å²) in [6.45, 7) is 6.00. The lowest BCUT2D eigenvalue weighted by Crippen LogP contribution is -2.69. The molecule has 1 saturated heterocycles. The summed E-state index contributed by atoms with van der Waals surface area (Å²) in [5.41, 5.74) is 1.83. The third-order valence-electron chi connectivity index (χ3n) is 5.18. The fourth-order valence-electron chi connectivity index (χ4n) is 3.67. The van der Waals surface area contributed by atoms with Crippen LogP contribution in [-0.4, -0.2) is 42.4 Å². The number of rotatable bonds is 2.